The quantitative estimate of drug-likeness (QED) is 0.168. The molecule has 390 valence electrons. The van der Waals surface area contributed by atoms with E-state index in [1.54, 1.807) is 6.07 Å². The lowest BCUT2D eigenvalue weighted by Crippen LogP contribution is -2.14. The summed E-state index contributed by atoms with van der Waals surface area (Å²) in [5, 5.41) is 7.32. The summed E-state index contributed by atoms with van der Waals surface area (Å²) in [5.74, 6) is 3.79. The van der Waals surface area contributed by atoms with Gasteiger partial charge in [0.05, 0.1) is 83.2 Å². The van der Waals surface area contributed by atoms with Gasteiger partial charge >= 0.3 is 0 Å². The normalized spacial score (nSPS) is 16.2. The average Bonchev–Trinajstić information content (AvgIpc) is 3.89. The van der Waals surface area contributed by atoms with Gasteiger partial charge in [0.15, 0.2) is 0 Å². The van der Waals surface area contributed by atoms with Crippen LogP contribution in [0, 0.1) is 11.3 Å². The fraction of sp³-hybridized carbons (Fsp3) is 0.377. The second kappa shape index (κ2) is 32.4. The largest absolute Gasteiger partial charge is 0.491 e. The van der Waals surface area contributed by atoms with Crippen LogP contribution in [0.3, 0.4) is 0 Å². The van der Waals surface area contributed by atoms with Gasteiger partial charge in [-0.25, -0.2) is 4.98 Å². The Morgan fingerprint density at radius 3 is 1.16 bits per heavy atom. The fourth-order valence-electron chi connectivity index (χ4n) is 8.31. The number of ether oxygens (including phenoxy) is 10. The molecule has 0 amide bonds. The number of hydrogen-bond donors (Lipinski definition) is 1. The zero-order valence-electron chi connectivity index (χ0n) is 42.8. The van der Waals surface area contributed by atoms with Gasteiger partial charge in [0.1, 0.15) is 55.2 Å². The van der Waals surface area contributed by atoms with E-state index in [2.05, 4.69) is 77.8 Å². The number of hydrogen-bond acceptors (Lipinski definition) is 12. The molecule has 0 radical (unpaired) electrons. The van der Waals surface area contributed by atoms with E-state index in [1.165, 1.54) is 36.5 Å². The first-order valence-corrected chi connectivity index (χ1v) is 25.9. The Morgan fingerprint density at radius 2 is 0.743 bits per heavy atom. The molecule has 0 atom stereocenters. The number of nitriles is 1. The molecule has 10 rings (SSSR count). The number of fused-ring (bicyclic) bond motifs is 30. The van der Waals surface area contributed by atoms with E-state index in [-0.39, 0.29) is 0 Å². The van der Waals surface area contributed by atoms with Crippen LogP contribution in [0.1, 0.15) is 56.6 Å². The van der Waals surface area contributed by atoms with Gasteiger partial charge in [-0.3, -0.25) is 0 Å². The summed E-state index contributed by atoms with van der Waals surface area (Å²) in [6, 6.07) is 49.1. The van der Waals surface area contributed by atoms with Crippen molar-refractivity contribution in [2.45, 2.75) is 58.7 Å². The Hall–Kier alpha value is -6.76. The lowest BCUT2D eigenvalue weighted by molar-refractivity contribution is 0.0259. The Kier molecular flexibility index (Phi) is 24.1. The zero-order valence-corrected chi connectivity index (χ0v) is 42.8. The molecule has 74 heavy (non-hydrogen) atoms. The first-order chi connectivity index (χ1) is 36.7. The molecule has 1 N–H and O–H groups in total. The van der Waals surface area contributed by atoms with Crippen LogP contribution in [0.25, 0.3) is 44.7 Å². The smallest absolute Gasteiger partial charge is 0.138 e. The van der Waals surface area contributed by atoms with Crippen molar-refractivity contribution in [1.82, 2.24) is 9.97 Å². The molecule has 13 heteroatoms. The molecule has 3 aliphatic heterocycles. The van der Waals surface area contributed by atoms with Crippen LogP contribution in [0.4, 0.5) is 0 Å². The molecule has 0 fully saturated rings. The van der Waals surface area contributed by atoms with Gasteiger partial charge < -0.3 is 52.4 Å². The predicted molar refractivity (Wildman–Crippen MR) is 289 cm³/mol. The van der Waals surface area contributed by atoms with E-state index in [4.69, 9.17) is 57.6 Å². The molecule has 0 saturated heterocycles. The third-order valence-corrected chi connectivity index (χ3v) is 11.8. The standard InChI is InChI=1S/C34H50O10.C25H18N2.C2H3N/c1-2-4-6-8-40-28-30-23-33-26-34(24-30)44-20-16-38-12-10-36-14-18-42-32-22-29(27-39-7-5-3-1)21-31(25-32)41-17-13-35-9-11-37-15-19-43-33;1-4-10-18(11-5-1)21-16-17-22(19-12-6-2-7-13-19)24-23(21)26-25(27-24)20-14-8-3-9-15-20;1-2-3/h21-26H,1-20,27-28H2;1-17H,(H,26,27);1H3. The van der Waals surface area contributed by atoms with Crippen LogP contribution in [0.5, 0.6) is 23.0 Å². The number of aromatic nitrogens is 2. The van der Waals surface area contributed by atoms with Crippen LogP contribution >= 0.6 is 0 Å². The summed E-state index contributed by atoms with van der Waals surface area (Å²) < 4.78 is 58.7. The van der Waals surface area contributed by atoms with E-state index >= 15 is 0 Å². The number of nitrogens with zero attached hydrogens (tertiary/aromatic N) is 2. The van der Waals surface area contributed by atoms with Crippen molar-refractivity contribution in [1.29, 1.82) is 5.26 Å². The monoisotopic (exact) mass is 1010 g/mol. The minimum Gasteiger partial charge on any atom is -0.491 e. The summed E-state index contributed by atoms with van der Waals surface area (Å²) in [5.41, 5.74) is 9.85. The molecule has 0 saturated carbocycles. The second-order valence-electron chi connectivity index (χ2n) is 17.5. The highest BCUT2D eigenvalue weighted by atomic mass is 16.6. The molecule has 0 unspecified atom stereocenters. The zero-order chi connectivity index (χ0) is 51.1. The number of H-pyrrole nitrogens is 1. The Labute approximate surface area is 436 Å². The summed E-state index contributed by atoms with van der Waals surface area (Å²) in [7, 11) is 0. The van der Waals surface area contributed by atoms with Gasteiger partial charge in [0.2, 0.25) is 0 Å². The van der Waals surface area contributed by atoms with Gasteiger partial charge in [0, 0.05) is 49.0 Å². The van der Waals surface area contributed by atoms with Crippen molar-refractivity contribution < 1.29 is 47.4 Å². The molecule has 6 aromatic carbocycles. The summed E-state index contributed by atoms with van der Waals surface area (Å²) >= 11 is 0. The van der Waals surface area contributed by atoms with Crippen molar-refractivity contribution in [3.8, 4) is 62.7 Å². The molecule has 1 aromatic heterocycles. The van der Waals surface area contributed by atoms with Crippen LogP contribution in [-0.4, -0.2) is 102 Å². The molecule has 4 heterocycles. The molecule has 0 aliphatic carbocycles. The highest BCUT2D eigenvalue weighted by Crippen LogP contribution is 2.36. The Balaban J connectivity index is 0.000000225. The summed E-state index contributed by atoms with van der Waals surface area (Å²) in [6.07, 6.45) is 6.79. The first kappa shape index (κ1) is 55.0. The van der Waals surface area contributed by atoms with Gasteiger partial charge in [-0.05, 0) is 59.4 Å². The summed E-state index contributed by atoms with van der Waals surface area (Å²) in [6.45, 7) is 9.24. The van der Waals surface area contributed by atoms with Crippen molar-refractivity contribution >= 4 is 11.0 Å². The fourth-order valence-corrected chi connectivity index (χ4v) is 8.31. The van der Waals surface area contributed by atoms with Crippen LogP contribution in [0.15, 0.2) is 140 Å². The van der Waals surface area contributed by atoms with Crippen molar-refractivity contribution in [2.24, 2.45) is 0 Å². The molecular formula is C61H71N3O10. The van der Waals surface area contributed by atoms with Crippen LogP contribution in [0.2, 0.25) is 0 Å². The van der Waals surface area contributed by atoms with Gasteiger partial charge in [0.25, 0.3) is 0 Å². The maximum absolute atomic E-state index is 7.32. The third kappa shape index (κ3) is 18.9. The molecule has 7 aromatic rings. The Bertz CT molecular complexity index is 2480. The van der Waals surface area contributed by atoms with Gasteiger partial charge in [-0.2, -0.15) is 5.26 Å². The lowest BCUT2D eigenvalue weighted by Gasteiger charge is -2.14. The number of benzene rings is 6. The van der Waals surface area contributed by atoms with E-state index < -0.39 is 0 Å². The van der Waals surface area contributed by atoms with Crippen molar-refractivity contribution in [3.05, 3.63) is 151 Å². The minimum absolute atomic E-state index is 0.417. The lowest BCUT2D eigenvalue weighted by atomic mass is 9.98. The highest BCUT2D eigenvalue weighted by Gasteiger charge is 2.15. The van der Waals surface area contributed by atoms with E-state index in [1.807, 2.05) is 66.7 Å². The van der Waals surface area contributed by atoms with Crippen LogP contribution in [-0.2, 0) is 41.6 Å². The highest BCUT2D eigenvalue weighted by molar-refractivity contribution is 6.02. The topological polar surface area (TPSA) is 145 Å². The number of aromatic amines is 1. The van der Waals surface area contributed by atoms with E-state index in [0.717, 1.165) is 101 Å². The molecule has 6 bridgehead atoms. The van der Waals surface area contributed by atoms with Gasteiger partial charge in [-0.15, -0.1) is 0 Å². The van der Waals surface area contributed by atoms with Crippen molar-refractivity contribution in [2.75, 3.05) is 92.5 Å². The maximum atomic E-state index is 7.32. The molecule has 13 nitrogen and oxygen atoms in total. The van der Waals surface area contributed by atoms with Crippen molar-refractivity contribution in [3.63, 3.8) is 0 Å². The van der Waals surface area contributed by atoms with E-state index in [9.17, 15) is 0 Å². The molecule has 0 spiro atoms. The Morgan fingerprint density at radius 1 is 0.392 bits per heavy atom. The number of imidazole rings is 1. The predicted octanol–water partition coefficient (Wildman–Crippen LogP) is 12.5. The minimum atomic E-state index is 0.417. The molecular weight excluding hydrogens is 935 g/mol. The summed E-state index contributed by atoms with van der Waals surface area (Å²) in [4.78, 5) is 8.57. The number of rotatable bonds is 3. The maximum Gasteiger partial charge on any atom is 0.138 e. The molecule has 3 aliphatic rings. The average molecular weight is 1010 g/mol. The number of nitrogens with one attached hydrogen (secondary N) is 1. The first-order valence-electron chi connectivity index (χ1n) is 25.9. The third-order valence-electron chi connectivity index (χ3n) is 11.8. The SMILES string of the molecule is CC#N.c1c2cc3cc1OCCOCCOCCOc1cc(cc(c1)OCCOCCOCCO3)COCCCCCCCCOC2.c1ccc(-c2nc3c(-c4ccccc4)ccc(-c4ccccc4)c3[nH]2)cc1. The van der Waals surface area contributed by atoms with E-state index in [0.29, 0.717) is 92.5 Å². The van der Waals surface area contributed by atoms with Crippen LogP contribution < -0.4 is 18.9 Å². The van der Waals surface area contributed by atoms with Gasteiger partial charge in [-0.1, -0.05) is 129 Å². The second-order valence-corrected chi connectivity index (χ2v) is 17.5.